The number of carbonyl (C=O) groups excluding carboxylic acids is 1. The fraction of sp³-hybridized carbons (Fsp3) is 0.370. The number of aromatic nitrogens is 2. The minimum absolute atomic E-state index is 0.0359. The van der Waals surface area contributed by atoms with E-state index in [0.29, 0.717) is 18.5 Å². The van der Waals surface area contributed by atoms with Gasteiger partial charge in [0.05, 0.1) is 30.2 Å². The molecule has 0 bridgehead atoms. The average Bonchev–Trinajstić information content (AvgIpc) is 2.88. The van der Waals surface area contributed by atoms with E-state index in [9.17, 15) is 23.1 Å². The lowest BCUT2D eigenvalue weighted by Gasteiger charge is -2.36. The van der Waals surface area contributed by atoms with E-state index in [4.69, 9.17) is 15.2 Å². The van der Waals surface area contributed by atoms with E-state index in [2.05, 4.69) is 15.3 Å². The summed E-state index contributed by atoms with van der Waals surface area (Å²) < 4.78 is 54.4. The van der Waals surface area contributed by atoms with Crippen molar-refractivity contribution in [2.75, 3.05) is 25.6 Å². The molecule has 1 aromatic carbocycles. The zero-order valence-corrected chi connectivity index (χ0v) is 21.0. The molecule has 0 spiro atoms. The van der Waals surface area contributed by atoms with Gasteiger partial charge in [0.2, 0.25) is 0 Å². The van der Waals surface area contributed by atoms with E-state index in [0.717, 1.165) is 29.8 Å². The molecule has 8 nitrogen and oxygen atoms in total. The third-order valence-electron chi connectivity index (χ3n) is 6.66. The lowest BCUT2D eigenvalue weighted by Crippen LogP contribution is -2.44. The van der Waals surface area contributed by atoms with Crippen molar-refractivity contribution in [3.05, 3.63) is 71.4 Å². The van der Waals surface area contributed by atoms with Gasteiger partial charge in [-0.1, -0.05) is 6.92 Å². The Morgan fingerprint density at radius 2 is 1.87 bits per heavy atom. The molecule has 1 aliphatic rings. The van der Waals surface area contributed by atoms with Crippen LogP contribution in [0.4, 0.5) is 18.9 Å². The van der Waals surface area contributed by atoms with E-state index in [1.165, 1.54) is 13.3 Å². The predicted octanol–water partition coefficient (Wildman–Crippen LogP) is 4.04. The number of aliphatic hydroxyl groups excluding tert-OH is 1. The Morgan fingerprint density at radius 3 is 2.55 bits per heavy atom. The summed E-state index contributed by atoms with van der Waals surface area (Å²) in [6.07, 6.45) is 3.63. The summed E-state index contributed by atoms with van der Waals surface area (Å²) in [7, 11) is 1.46. The van der Waals surface area contributed by atoms with Gasteiger partial charge in [0, 0.05) is 31.5 Å². The minimum Gasteiger partial charge on any atom is -0.491 e. The standard InChI is InChI=1S/C27H29F3N4O4/c1-14-9-15(10-21(31)26(14)35)17-5-6-32-13-23(17)34-27(36)22-4-3-18(28)25(33-22)24-19(29)11-16(12-20(24)30)38-8-7-37-2/h3-6,11-15,21,26,35H,7-10,31H2,1-2H3,(H,34,36)/t14-,15+,21+,26+/m0/s1. The first-order valence-electron chi connectivity index (χ1n) is 12.2. The fourth-order valence-electron chi connectivity index (χ4n) is 4.73. The Kier molecular flexibility index (Phi) is 8.60. The molecule has 2 heterocycles. The van der Waals surface area contributed by atoms with Crippen molar-refractivity contribution in [1.29, 1.82) is 0 Å². The van der Waals surface area contributed by atoms with Crippen LogP contribution in [0.3, 0.4) is 0 Å². The maximum Gasteiger partial charge on any atom is 0.274 e. The van der Waals surface area contributed by atoms with Gasteiger partial charge in [-0.15, -0.1) is 0 Å². The number of amides is 1. The monoisotopic (exact) mass is 530 g/mol. The minimum atomic E-state index is -1.10. The molecule has 4 atom stereocenters. The molecule has 1 saturated carbocycles. The van der Waals surface area contributed by atoms with Crippen LogP contribution in [-0.2, 0) is 4.74 Å². The number of pyridine rings is 2. The first kappa shape index (κ1) is 27.5. The lowest BCUT2D eigenvalue weighted by molar-refractivity contribution is 0.0521. The predicted molar refractivity (Wildman–Crippen MR) is 134 cm³/mol. The highest BCUT2D eigenvalue weighted by molar-refractivity contribution is 6.03. The van der Waals surface area contributed by atoms with Gasteiger partial charge in [-0.3, -0.25) is 9.78 Å². The molecular formula is C27H29F3N4O4. The quantitative estimate of drug-likeness (QED) is 0.376. The van der Waals surface area contributed by atoms with E-state index in [-0.39, 0.29) is 36.5 Å². The van der Waals surface area contributed by atoms with Gasteiger partial charge in [0.25, 0.3) is 5.91 Å². The number of methoxy groups -OCH3 is 1. The van der Waals surface area contributed by atoms with Crippen molar-refractivity contribution in [2.45, 2.75) is 37.8 Å². The zero-order chi connectivity index (χ0) is 27.4. The molecule has 1 fully saturated rings. The number of nitrogens with two attached hydrogens (primary N) is 1. The SMILES string of the molecule is COCCOc1cc(F)c(-c2nc(C(=O)Nc3cnccc3[C@H]3C[C@@H](N)[C@H](O)[C@@H](C)C3)ccc2F)c(F)c1. The van der Waals surface area contributed by atoms with Crippen LogP contribution < -0.4 is 15.8 Å². The number of benzene rings is 1. The average molecular weight is 531 g/mol. The molecule has 0 saturated heterocycles. The third-order valence-corrected chi connectivity index (χ3v) is 6.66. The molecule has 2 aromatic heterocycles. The maximum absolute atomic E-state index is 14.8. The summed E-state index contributed by atoms with van der Waals surface area (Å²) in [5, 5.41) is 12.9. The van der Waals surface area contributed by atoms with Crippen LogP contribution in [0, 0.1) is 23.4 Å². The summed E-state index contributed by atoms with van der Waals surface area (Å²) in [5.74, 6) is -4.08. The molecule has 0 radical (unpaired) electrons. The van der Waals surface area contributed by atoms with Gasteiger partial charge < -0.3 is 25.6 Å². The van der Waals surface area contributed by atoms with Gasteiger partial charge in [0.1, 0.15) is 41.2 Å². The molecule has 11 heteroatoms. The smallest absolute Gasteiger partial charge is 0.274 e. The van der Waals surface area contributed by atoms with E-state index >= 15 is 0 Å². The number of ether oxygens (including phenoxy) is 2. The topological polar surface area (TPSA) is 120 Å². The molecule has 4 rings (SSSR count). The summed E-state index contributed by atoms with van der Waals surface area (Å²) in [4.78, 5) is 21.1. The van der Waals surface area contributed by atoms with Gasteiger partial charge in [0.15, 0.2) is 0 Å². The third kappa shape index (κ3) is 5.95. The Morgan fingerprint density at radius 1 is 1.13 bits per heavy atom. The normalized spacial score (nSPS) is 21.2. The first-order valence-corrected chi connectivity index (χ1v) is 12.2. The Balaban J connectivity index is 1.59. The number of nitrogens with zero attached hydrogens (tertiary/aromatic N) is 2. The molecule has 0 unspecified atom stereocenters. The largest absolute Gasteiger partial charge is 0.491 e. The Bertz CT molecular complexity index is 1270. The number of rotatable bonds is 8. The van der Waals surface area contributed by atoms with E-state index in [1.807, 2.05) is 6.92 Å². The summed E-state index contributed by atoms with van der Waals surface area (Å²) in [6.45, 7) is 2.20. The summed E-state index contributed by atoms with van der Waals surface area (Å²) in [5.41, 5.74) is 5.68. The highest BCUT2D eigenvalue weighted by atomic mass is 19.1. The highest BCUT2D eigenvalue weighted by Crippen LogP contribution is 2.38. The number of nitrogens with one attached hydrogen (secondary N) is 1. The van der Waals surface area contributed by atoms with Gasteiger partial charge in [-0.25, -0.2) is 18.2 Å². The number of halogens is 3. The summed E-state index contributed by atoms with van der Waals surface area (Å²) >= 11 is 0. The number of carbonyl (C=O) groups is 1. The van der Waals surface area contributed by atoms with Gasteiger partial charge >= 0.3 is 0 Å². The number of aliphatic hydroxyl groups is 1. The van der Waals surface area contributed by atoms with E-state index in [1.54, 1.807) is 12.3 Å². The van der Waals surface area contributed by atoms with Crippen molar-refractivity contribution >= 4 is 11.6 Å². The van der Waals surface area contributed by atoms with Crippen LogP contribution in [0.15, 0.2) is 42.7 Å². The molecule has 3 aromatic rings. The zero-order valence-electron chi connectivity index (χ0n) is 21.0. The Hall–Kier alpha value is -3.54. The van der Waals surface area contributed by atoms with Crippen molar-refractivity contribution in [3.63, 3.8) is 0 Å². The molecule has 0 aliphatic heterocycles. The molecular weight excluding hydrogens is 501 g/mol. The van der Waals surface area contributed by atoms with Crippen molar-refractivity contribution < 1.29 is 32.5 Å². The number of hydrogen-bond donors (Lipinski definition) is 3. The second-order valence-electron chi connectivity index (χ2n) is 9.35. The molecule has 4 N–H and O–H groups in total. The second-order valence-corrected chi connectivity index (χ2v) is 9.35. The summed E-state index contributed by atoms with van der Waals surface area (Å²) in [6, 6.07) is 5.22. The van der Waals surface area contributed by atoms with Gasteiger partial charge in [-0.2, -0.15) is 0 Å². The van der Waals surface area contributed by atoms with Crippen molar-refractivity contribution in [1.82, 2.24) is 9.97 Å². The van der Waals surface area contributed by atoms with Crippen LogP contribution in [0.5, 0.6) is 5.75 Å². The first-order chi connectivity index (χ1) is 18.2. The molecule has 38 heavy (non-hydrogen) atoms. The molecule has 1 amide bonds. The number of anilines is 1. The Labute approximate surface area is 218 Å². The number of hydrogen-bond acceptors (Lipinski definition) is 7. The van der Waals surface area contributed by atoms with Crippen LogP contribution in [0.1, 0.15) is 41.7 Å². The van der Waals surface area contributed by atoms with Crippen LogP contribution in [-0.4, -0.2) is 53.5 Å². The van der Waals surface area contributed by atoms with Crippen LogP contribution in [0.25, 0.3) is 11.3 Å². The van der Waals surface area contributed by atoms with Gasteiger partial charge in [-0.05, 0) is 48.4 Å². The highest BCUT2D eigenvalue weighted by Gasteiger charge is 2.34. The fourth-order valence-corrected chi connectivity index (χ4v) is 4.73. The van der Waals surface area contributed by atoms with Crippen molar-refractivity contribution in [3.8, 4) is 17.0 Å². The van der Waals surface area contributed by atoms with Crippen LogP contribution in [0.2, 0.25) is 0 Å². The molecule has 202 valence electrons. The van der Waals surface area contributed by atoms with E-state index < -0.39 is 46.8 Å². The second kappa shape index (κ2) is 11.9. The van der Waals surface area contributed by atoms with Crippen molar-refractivity contribution in [2.24, 2.45) is 11.7 Å². The molecule has 1 aliphatic carbocycles. The lowest BCUT2D eigenvalue weighted by atomic mass is 9.74. The van der Waals surface area contributed by atoms with Crippen LogP contribution >= 0.6 is 0 Å². The maximum atomic E-state index is 14.8.